The van der Waals surface area contributed by atoms with E-state index in [4.69, 9.17) is 33.7 Å². The molecule has 4 N–H and O–H groups in total. The van der Waals surface area contributed by atoms with Gasteiger partial charge in [-0.1, -0.05) is 23.2 Å². The number of carbonyl (C=O) groups excluding carboxylic acids is 1. The van der Waals surface area contributed by atoms with E-state index in [1.165, 1.54) is 30.5 Å². The summed E-state index contributed by atoms with van der Waals surface area (Å²) >= 11 is 11.4. The van der Waals surface area contributed by atoms with Gasteiger partial charge in [0.05, 0.1) is 15.6 Å². The second-order valence-corrected chi connectivity index (χ2v) is 6.78. The van der Waals surface area contributed by atoms with E-state index in [2.05, 4.69) is 15.6 Å². The van der Waals surface area contributed by atoms with E-state index in [9.17, 15) is 18.0 Å². The maximum absolute atomic E-state index is 12.9. The highest BCUT2D eigenvalue weighted by Gasteiger charge is 2.33. The average Bonchev–Trinajstić information content (AvgIpc) is 2.67. The van der Waals surface area contributed by atoms with E-state index in [-0.39, 0.29) is 17.3 Å². The van der Waals surface area contributed by atoms with Gasteiger partial charge in [0.25, 0.3) is 0 Å². The summed E-state index contributed by atoms with van der Waals surface area (Å²) in [5, 5.41) is 4.71. The number of hydrogen-bond donors (Lipinski definition) is 3. The van der Waals surface area contributed by atoms with Gasteiger partial charge in [-0.25, -0.2) is 9.78 Å². The van der Waals surface area contributed by atoms with Crippen molar-refractivity contribution in [2.24, 2.45) is 0 Å². The molecule has 0 aliphatic carbocycles. The zero-order valence-electron chi connectivity index (χ0n) is 14.9. The highest BCUT2D eigenvalue weighted by atomic mass is 35.5. The highest BCUT2D eigenvalue weighted by Crippen LogP contribution is 2.36. The zero-order valence-corrected chi connectivity index (χ0v) is 16.4. The SMILES string of the molecule is Nc1ncc(Cl)cc1Oc1ccc(NC(=O)Nc2ccc(Cl)c(C(F)(F)F)c2)cc1. The topological polar surface area (TPSA) is 89.3 Å². The number of aromatic nitrogens is 1. The molecule has 0 atom stereocenters. The number of pyridine rings is 1. The standard InChI is InChI=1S/C19H13Cl2F3N4O2/c20-10-7-16(17(25)26-9-10)30-13-4-1-11(2-5-13)27-18(29)28-12-3-6-15(21)14(8-12)19(22,23)24/h1-9H,(H2,25,26)(H2,27,28,29). The summed E-state index contributed by atoms with van der Waals surface area (Å²) in [7, 11) is 0. The lowest BCUT2D eigenvalue weighted by Crippen LogP contribution is -2.19. The van der Waals surface area contributed by atoms with Crippen LogP contribution in [0.3, 0.4) is 0 Å². The molecule has 156 valence electrons. The Morgan fingerprint density at radius 3 is 2.30 bits per heavy atom. The Balaban J connectivity index is 1.64. The van der Waals surface area contributed by atoms with Crippen LogP contribution in [-0.4, -0.2) is 11.0 Å². The lowest BCUT2D eigenvalue weighted by molar-refractivity contribution is -0.137. The molecule has 2 amide bonds. The molecule has 3 rings (SSSR count). The fourth-order valence-electron chi connectivity index (χ4n) is 2.36. The monoisotopic (exact) mass is 456 g/mol. The molecule has 0 saturated heterocycles. The van der Waals surface area contributed by atoms with Gasteiger partial charge in [0.15, 0.2) is 11.6 Å². The molecule has 0 aliphatic heterocycles. The smallest absolute Gasteiger partial charge is 0.417 e. The number of carbonyl (C=O) groups is 1. The number of urea groups is 1. The molecule has 6 nitrogen and oxygen atoms in total. The molecule has 0 radical (unpaired) electrons. The van der Waals surface area contributed by atoms with Gasteiger partial charge in [-0.15, -0.1) is 0 Å². The van der Waals surface area contributed by atoms with E-state index in [1.807, 2.05) is 0 Å². The minimum absolute atomic E-state index is 0.0619. The van der Waals surface area contributed by atoms with Gasteiger partial charge in [0, 0.05) is 23.6 Å². The van der Waals surface area contributed by atoms with Gasteiger partial charge in [-0.2, -0.15) is 13.2 Å². The van der Waals surface area contributed by atoms with Crippen molar-refractivity contribution in [3.8, 4) is 11.5 Å². The van der Waals surface area contributed by atoms with Crippen molar-refractivity contribution >= 4 is 46.4 Å². The fourth-order valence-corrected chi connectivity index (χ4v) is 2.73. The Morgan fingerprint density at radius 2 is 1.63 bits per heavy atom. The first kappa shape index (κ1) is 21.5. The van der Waals surface area contributed by atoms with Gasteiger partial charge in [-0.3, -0.25) is 0 Å². The van der Waals surface area contributed by atoms with E-state index in [0.717, 1.165) is 12.1 Å². The molecule has 0 aliphatic rings. The Bertz CT molecular complexity index is 1080. The average molecular weight is 457 g/mol. The lowest BCUT2D eigenvalue weighted by Gasteiger charge is -2.13. The van der Waals surface area contributed by atoms with Crippen molar-refractivity contribution in [3.63, 3.8) is 0 Å². The molecule has 2 aromatic carbocycles. The van der Waals surface area contributed by atoms with Crippen LogP contribution in [-0.2, 0) is 6.18 Å². The summed E-state index contributed by atoms with van der Waals surface area (Å²) in [5.41, 5.74) is 4.99. The summed E-state index contributed by atoms with van der Waals surface area (Å²) in [6.45, 7) is 0. The molecule has 3 aromatic rings. The second-order valence-electron chi connectivity index (χ2n) is 5.93. The molecule has 0 saturated carbocycles. The number of rotatable bonds is 4. The molecule has 0 unspecified atom stereocenters. The summed E-state index contributed by atoms with van der Waals surface area (Å²) in [5.74, 6) is 0.829. The largest absolute Gasteiger partial charge is 0.453 e. The number of hydrogen-bond acceptors (Lipinski definition) is 4. The van der Waals surface area contributed by atoms with Crippen molar-refractivity contribution in [2.75, 3.05) is 16.4 Å². The number of nitrogens with one attached hydrogen (secondary N) is 2. The van der Waals surface area contributed by atoms with E-state index >= 15 is 0 Å². The lowest BCUT2D eigenvalue weighted by atomic mass is 10.2. The van der Waals surface area contributed by atoms with Gasteiger partial charge < -0.3 is 21.1 Å². The molecule has 0 spiro atoms. The van der Waals surface area contributed by atoms with Crippen molar-refractivity contribution in [1.82, 2.24) is 4.98 Å². The maximum Gasteiger partial charge on any atom is 0.417 e. The molecular weight excluding hydrogens is 444 g/mol. The Hall–Kier alpha value is -3.17. The minimum Gasteiger partial charge on any atom is -0.453 e. The molecule has 0 fully saturated rings. The van der Waals surface area contributed by atoms with Crippen molar-refractivity contribution < 1.29 is 22.7 Å². The normalized spacial score (nSPS) is 11.1. The van der Waals surface area contributed by atoms with Gasteiger partial charge in [0.2, 0.25) is 0 Å². The summed E-state index contributed by atoms with van der Waals surface area (Å²) in [6, 6.07) is 10.0. The third-order valence-electron chi connectivity index (χ3n) is 3.72. The molecule has 0 bridgehead atoms. The highest BCUT2D eigenvalue weighted by molar-refractivity contribution is 6.31. The number of alkyl halides is 3. The third-order valence-corrected chi connectivity index (χ3v) is 4.25. The van der Waals surface area contributed by atoms with Crippen molar-refractivity contribution in [2.45, 2.75) is 6.18 Å². The van der Waals surface area contributed by atoms with Crippen LogP contribution in [0, 0.1) is 0 Å². The second kappa shape index (κ2) is 8.68. The van der Waals surface area contributed by atoms with E-state index in [0.29, 0.717) is 16.5 Å². The number of benzene rings is 2. The van der Waals surface area contributed by atoms with Crippen LogP contribution >= 0.6 is 23.2 Å². The molecular formula is C19H13Cl2F3N4O2. The maximum atomic E-state index is 12.9. The Kier molecular flexibility index (Phi) is 6.23. The van der Waals surface area contributed by atoms with Crippen LogP contribution < -0.4 is 21.1 Å². The van der Waals surface area contributed by atoms with Crippen LogP contribution in [0.5, 0.6) is 11.5 Å². The zero-order chi connectivity index (χ0) is 21.9. The molecule has 1 heterocycles. The summed E-state index contributed by atoms with van der Waals surface area (Å²) in [4.78, 5) is 16.0. The fraction of sp³-hybridized carbons (Fsp3) is 0.0526. The predicted octanol–water partition coefficient (Wildman–Crippen LogP) is 6.43. The summed E-state index contributed by atoms with van der Waals surface area (Å²) < 4.78 is 44.3. The number of anilines is 3. The number of ether oxygens (including phenoxy) is 1. The number of nitrogen functional groups attached to an aromatic ring is 1. The summed E-state index contributed by atoms with van der Waals surface area (Å²) in [6.07, 6.45) is -3.25. The van der Waals surface area contributed by atoms with Crippen LogP contribution in [0.1, 0.15) is 5.56 Å². The Morgan fingerprint density at radius 1 is 1.00 bits per heavy atom. The predicted molar refractivity (Wildman–Crippen MR) is 109 cm³/mol. The first-order valence-corrected chi connectivity index (χ1v) is 9.01. The number of nitrogens with zero attached hydrogens (tertiary/aromatic N) is 1. The number of amides is 2. The Labute approximate surface area is 178 Å². The van der Waals surface area contributed by atoms with Crippen LogP contribution in [0.15, 0.2) is 54.7 Å². The van der Waals surface area contributed by atoms with Gasteiger partial charge in [-0.05, 0) is 42.5 Å². The third kappa shape index (κ3) is 5.46. The van der Waals surface area contributed by atoms with Crippen molar-refractivity contribution in [3.05, 3.63) is 70.3 Å². The molecule has 1 aromatic heterocycles. The molecule has 30 heavy (non-hydrogen) atoms. The number of nitrogens with two attached hydrogens (primary N) is 1. The first-order valence-electron chi connectivity index (χ1n) is 8.25. The van der Waals surface area contributed by atoms with Crippen molar-refractivity contribution in [1.29, 1.82) is 0 Å². The van der Waals surface area contributed by atoms with Gasteiger partial charge >= 0.3 is 12.2 Å². The van der Waals surface area contributed by atoms with Crippen LogP contribution in [0.2, 0.25) is 10.0 Å². The number of halogens is 5. The minimum atomic E-state index is -4.64. The van der Waals surface area contributed by atoms with E-state index < -0.39 is 22.8 Å². The quantitative estimate of drug-likeness (QED) is 0.422. The van der Waals surface area contributed by atoms with Crippen LogP contribution in [0.25, 0.3) is 0 Å². The van der Waals surface area contributed by atoms with Crippen LogP contribution in [0.4, 0.5) is 35.2 Å². The van der Waals surface area contributed by atoms with Gasteiger partial charge in [0.1, 0.15) is 5.75 Å². The first-order chi connectivity index (χ1) is 14.1. The van der Waals surface area contributed by atoms with E-state index in [1.54, 1.807) is 12.1 Å². The molecule has 11 heteroatoms.